The monoisotopic (exact) mass is 242 g/mol. The van der Waals surface area contributed by atoms with Crippen LogP contribution in [0.2, 0.25) is 0 Å². The number of carbonyl (C=O) groups excluding carboxylic acids is 1. The van der Waals surface area contributed by atoms with Crippen molar-refractivity contribution in [3.05, 3.63) is 11.6 Å². The molecule has 1 aromatic heterocycles. The van der Waals surface area contributed by atoms with E-state index in [1.54, 1.807) is 0 Å². The van der Waals surface area contributed by atoms with E-state index in [0.29, 0.717) is 6.42 Å². The largest absolute Gasteiger partial charge is 0.316 e. The molecule has 0 aliphatic carbocycles. The fourth-order valence-electron chi connectivity index (χ4n) is 1.92. The number of nitrogens with zero attached hydrogens (tertiary/aromatic N) is 4. The number of aromatic nitrogens is 3. The minimum absolute atomic E-state index is 0.0121. The van der Waals surface area contributed by atoms with E-state index in [-0.39, 0.29) is 17.7 Å². The van der Waals surface area contributed by atoms with Crippen molar-refractivity contribution in [3.63, 3.8) is 0 Å². The van der Waals surface area contributed by atoms with E-state index >= 15 is 0 Å². The molecule has 0 aromatic carbocycles. The van der Waals surface area contributed by atoms with Crippen molar-refractivity contribution in [2.24, 2.45) is 0 Å². The smallest absolute Gasteiger partial charge is 0.274 e. The molecule has 2 heterocycles. The lowest BCUT2D eigenvalue weighted by Gasteiger charge is -2.11. The zero-order valence-corrected chi connectivity index (χ0v) is 10.1. The number of amides is 1. The molecule has 0 fully saturated rings. The van der Waals surface area contributed by atoms with Crippen LogP contribution in [0.5, 0.6) is 0 Å². The van der Waals surface area contributed by atoms with Gasteiger partial charge in [-0.1, -0.05) is 6.92 Å². The molecule has 0 N–H and O–H groups in total. The van der Waals surface area contributed by atoms with Crippen LogP contribution in [0, 0.1) is 0 Å². The Morgan fingerprint density at radius 2 is 2.41 bits per heavy atom. The Kier molecular flexibility index (Phi) is 3.10. The number of alkyl halides is 1. The van der Waals surface area contributed by atoms with E-state index in [4.69, 9.17) is 4.84 Å². The molecule has 1 aliphatic heterocycles. The first-order chi connectivity index (χ1) is 8.08. The molecule has 94 valence electrons. The Hall–Kier alpha value is -1.50. The van der Waals surface area contributed by atoms with Gasteiger partial charge in [-0.3, -0.25) is 9.63 Å². The highest BCUT2D eigenvalue weighted by Crippen LogP contribution is 2.36. The van der Waals surface area contributed by atoms with Gasteiger partial charge in [0.25, 0.3) is 0 Å². The summed E-state index contributed by atoms with van der Waals surface area (Å²) >= 11 is 0. The summed E-state index contributed by atoms with van der Waals surface area (Å²) in [4.78, 5) is 20.4. The van der Waals surface area contributed by atoms with Gasteiger partial charge in [-0.05, 0) is 6.42 Å². The topological polar surface area (TPSA) is 60.3 Å². The van der Waals surface area contributed by atoms with Crippen molar-refractivity contribution in [2.45, 2.75) is 32.0 Å². The van der Waals surface area contributed by atoms with E-state index in [2.05, 4.69) is 10.1 Å². The van der Waals surface area contributed by atoms with Gasteiger partial charge in [-0.25, -0.2) is 19.1 Å². The lowest BCUT2D eigenvalue weighted by molar-refractivity contribution is -0.0764. The molecule has 6 nitrogen and oxygen atoms in total. The van der Waals surface area contributed by atoms with Crippen molar-refractivity contribution in [1.29, 1.82) is 0 Å². The van der Waals surface area contributed by atoms with Gasteiger partial charge < -0.3 is 0 Å². The molecule has 2 rings (SSSR count). The number of hydrogen-bond donors (Lipinski definition) is 0. The van der Waals surface area contributed by atoms with Crippen LogP contribution < -0.4 is 0 Å². The van der Waals surface area contributed by atoms with Gasteiger partial charge in [0, 0.05) is 13.5 Å². The van der Waals surface area contributed by atoms with Crippen molar-refractivity contribution in [3.8, 4) is 0 Å². The molecule has 0 saturated heterocycles. The molecule has 0 radical (unpaired) electrons. The first-order valence-corrected chi connectivity index (χ1v) is 5.51. The van der Waals surface area contributed by atoms with Gasteiger partial charge in [-0.15, -0.1) is 5.10 Å². The quantitative estimate of drug-likeness (QED) is 0.749. The molecule has 0 saturated carbocycles. The molecule has 7 heteroatoms. The minimum atomic E-state index is -1.14. The summed E-state index contributed by atoms with van der Waals surface area (Å²) in [5, 5.41) is 5.07. The zero-order chi connectivity index (χ0) is 12.6. The molecule has 0 unspecified atom stereocenters. The van der Waals surface area contributed by atoms with E-state index in [9.17, 15) is 9.18 Å². The maximum atomic E-state index is 13.6. The van der Waals surface area contributed by atoms with Crippen molar-refractivity contribution in [1.82, 2.24) is 19.8 Å². The number of fused-ring (bicyclic) bond motifs is 1. The Morgan fingerprint density at radius 3 is 3.00 bits per heavy atom. The summed E-state index contributed by atoms with van der Waals surface area (Å²) in [5.74, 6) is -0.258. The number of rotatable bonds is 3. The summed E-state index contributed by atoms with van der Waals surface area (Å²) < 4.78 is 15.1. The van der Waals surface area contributed by atoms with Gasteiger partial charge in [0.05, 0.1) is 13.2 Å². The highest BCUT2D eigenvalue weighted by atomic mass is 19.1. The van der Waals surface area contributed by atoms with Gasteiger partial charge in [0.15, 0.2) is 12.0 Å². The van der Waals surface area contributed by atoms with Crippen LogP contribution in [0.25, 0.3) is 0 Å². The van der Waals surface area contributed by atoms with Crippen LogP contribution in [-0.2, 0) is 4.84 Å². The standard InChI is InChI=1S/C10H15FN4O2/c1-4-6-5-7(11)9-12-8(13-15(6)9)10(16)14(2)17-3/h6-7H,4-5H2,1-3H3/t6-,7+/m1/s1. The summed E-state index contributed by atoms with van der Waals surface area (Å²) in [7, 11) is 2.83. The second-order valence-corrected chi connectivity index (χ2v) is 3.99. The third-order valence-corrected chi connectivity index (χ3v) is 2.99. The summed E-state index contributed by atoms with van der Waals surface area (Å²) in [6.07, 6.45) is 0.0205. The first-order valence-electron chi connectivity index (χ1n) is 5.51. The van der Waals surface area contributed by atoms with Crippen LogP contribution in [0.4, 0.5) is 4.39 Å². The number of hydrogen-bond acceptors (Lipinski definition) is 4. The van der Waals surface area contributed by atoms with Gasteiger partial charge in [-0.2, -0.15) is 0 Å². The average Bonchev–Trinajstić information content (AvgIpc) is 2.88. The van der Waals surface area contributed by atoms with Gasteiger partial charge in [0.1, 0.15) is 0 Å². The third kappa shape index (κ3) is 1.90. The Balaban J connectivity index is 2.29. The highest BCUT2D eigenvalue weighted by molar-refractivity contribution is 5.89. The van der Waals surface area contributed by atoms with E-state index < -0.39 is 12.1 Å². The van der Waals surface area contributed by atoms with Gasteiger partial charge >= 0.3 is 5.91 Å². The Bertz CT molecular complexity index is 434. The molecule has 2 atom stereocenters. The predicted molar refractivity (Wildman–Crippen MR) is 56.9 cm³/mol. The van der Waals surface area contributed by atoms with Gasteiger partial charge in [0.2, 0.25) is 5.82 Å². The summed E-state index contributed by atoms with van der Waals surface area (Å²) in [5.41, 5.74) is 0. The van der Waals surface area contributed by atoms with E-state index in [0.717, 1.165) is 11.5 Å². The van der Waals surface area contributed by atoms with E-state index in [1.165, 1.54) is 18.8 Å². The molecule has 1 aliphatic rings. The Labute approximate surface area is 98.3 Å². The SMILES string of the molecule is CC[C@@H]1C[C@H](F)c2nc(C(=O)N(C)OC)nn21. The molecule has 1 amide bonds. The fourth-order valence-corrected chi connectivity index (χ4v) is 1.92. The number of halogens is 1. The molecule has 0 bridgehead atoms. The molecule has 1 aromatic rings. The lowest BCUT2D eigenvalue weighted by Crippen LogP contribution is -2.26. The third-order valence-electron chi connectivity index (χ3n) is 2.99. The molecular formula is C10H15FN4O2. The Morgan fingerprint density at radius 1 is 1.71 bits per heavy atom. The summed E-state index contributed by atoms with van der Waals surface area (Å²) in [6, 6.07) is -0.0121. The highest BCUT2D eigenvalue weighted by Gasteiger charge is 2.35. The van der Waals surface area contributed by atoms with Crippen LogP contribution in [-0.4, -0.2) is 39.9 Å². The van der Waals surface area contributed by atoms with E-state index in [1.807, 2.05) is 6.92 Å². The lowest BCUT2D eigenvalue weighted by atomic mass is 10.1. The first kappa shape index (κ1) is 12.0. The minimum Gasteiger partial charge on any atom is -0.274 e. The maximum absolute atomic E-state index is 13.6. The zero-order valence-electron chi connectivity index (χ0n) is 10.1. The maximum Gasteiger partial charge on any atom is 0.316 e. The second-order valence-electron chi connectivity index (χ2n) is 3.99. The normalized spacial score (nSPS) is 22.6. The fraction of sp³-hybridized carbons (Fsp3) is 0.700. The molecule has 17 heavy (non-hydrogen) atoms. The molecule has 0 spiro atoms. The predicted octanol–water partition coefficient (Wildman–Crippen LogP) is 1.28. The van der Waals surface area contributed by atoms with Crippen LogP contribution >= 0.6 is 0 Å². The van der Waals surface area contributed by atoms with Crippen LogP contribution in [0.15, 0.2) is 0 Å². The summed E-state index contributed by atoms with van der Waals surface area (Å²) in [6.45, 7) is 1.96. The van der Waals surface area contributed by atoms with Crippen molar-refractivity contribution >= 4 is 5.91 Å². The van der Waals surface area contributed by atoms with Crippen LogP contribution in [0.3, 0.4) is 0 Å². The molecular weight excluding hydrogens is 227 g/mol. The second kappa shape index (κ2) is 4.40. The average molecular weight is 242 g/mol. The van der Waals surface area contributed by atoms with Crippen molar-refractivity contribution < 1.29 is 14.0 Å². The number of hydroxylamine groups is 2. The van der Waals surface area contributed by atoms with Crippen LogP contribution in [0.1, 0.15) is 48.4 Å². The van der Waals surface area contributed by atoms with Crippen molar-refractivity contribution in [2.75, 3.05) is 14.2 Å². The number of carbonyl (C=O) groups is 1.